The molecule has 2 aliphatic carbocycles. The summed E-state index contributed by atoms with van der Waals surface area (Å²) in [6.45, 7) is 8.77. The Bertz CT molecular complexity index is 274. The first-order valence-electron chi connectivity index (χ1n) is 9.04. The first-order chi connectivity index (χ1) is 9.83. The maximum Gasteiger partial charge on any atom is 0.0193 e. The summed E-state index contributed by atoms with van der Waals surface area (Å²) in [6, 6.07) is 2.45. The Morgan fingerprint density at radius 3 is 2.15 bits per heavy atom. The Morgan fingerprint density at radius 2 is 1.50 bits per heavy atom. The summed E-state index contributed by atoms with van der Waals surface area (Å²) in [5, 5.41) is 3.79. The molecule has 1 aliphatic heterocycles. The molecular weight excluding hydrogens is 246 g/mol. The first kappa shape index (κ1) is 14.8. The van der Waals surface area contributed by atoms with Crippen LogP contribution >= 0.6 is 0 Å². The van der Waals surface area contributed by atoms with E-state index in [1.165, 1.54) is 84.1 Å². The first-order valence-corrected chi connectivity index (χ1v) is 9.04. The van der Waals surface area contributed by atoms with Gasteiger partial charge in [-0.2, -0.15) is 0 Å². The summed E-state index contributed by atoms with van der Waals surface area (Å²) in [5.41, 5.74) is 0. The second kappa shape index (κ2) is 7.24. The molecule has 2 saturated carbocycles. The van der Waals surface area contributed by atoms with E-state index >= 15 is 0 Å². The molecule has 3 aliphatic rings. The molecule has 116 valence electrons. The van der Waals surface area contributed by atoms with Crippen LogP contribution in [0.4, 0.5) is 0 Å². The van der Waals surface area contributed by atoms with Crippen molar-refractivity contribution >= 4 is 0 Å². The maximum atomic E-state index is 3.79. The van der Waals surface area contributed by atoms with Crippen molar-refractivity contribution in [3.63, 3.8) is 0 Å². The highest BCUT2D eigenvalue weighted by Crippen LogP contribution is 2.24. The fourth-order valence-corrected chi connectivity index (χ4v) is 4.41. The van der Waals surface area contributed by atoms with E-state index in [0.717, 1.165) is 12.1 Å². The third-order valence-electron chi connectivity index (χ3n) is 5.87. The molecule has 3 nitrogen and oxygen atoms in total. The van der Waals surface area contributed by atoms with Gasteiger partial charge in [-0.3, -0.25) is 9.80 Å². The molecule has 0 radical (unpaired) electrons. The summed E-state index contributed by atoms with van der Waals surface area (Å²) >= 11 is 0. The van der Waals surface area contributed by atoms with Crippen molar-refractivity contribution < 1.29 is 0 Å². The standard InChI is InChI=1S/C17H33N3/c1-15(14-18-16-6-2-3-7-16)19-10-12-20(13-11-19)17-8-4-5-9-17/h15-18H,2-14H2,1H3. The normalized spacial score (nSPS) is 29.2. The van der Waals surface area contributed by atoms with Gasteiger partial charge in [0.2, 0.25) is 0 Å². The van der Waals surface area contributed by atoms with Gasteiger partial charge >= 0.3 is 0 Å². The van der Waals surface area contributed by atoms with Crippen LogP contribution in [0.15, 0.2) is 0 Å². The van der Waals surface area contributed by atoms with Crippen LogP contribution in [-0.4, -0.2) is 60.6 Å². The number of piperazine rings is 1. The van der Waals surface area contributed by atoms with Crippen LogP contribution in [-0.2, 0) is 0 Å². The summed E-state index contributed by atoms with van der Waals surface area (Å²) in [4.78, 5) is 5.47. The average Bonchev–Trinajstić information content (AvgIpc) is 3.18. The molecule has 20 heavy (non-hydrogen) atoms. The van der Waals surface area contributed by atoms with Gasteiger partial charge in [0.15, 0.2) is 0 Å². The predicted octanol–water partition coefficient (Wildman–Crippen LogP) is 2.47. The van der Waals surface area contributed by atoms with Gasteiger partial charge in [0.25, 0.3) is 0 Å². The van der Waals surface area contributed by atoms with Crippen LogP contribution in [0.25, 0.3) is 0 Å². The smallest absolute Gasteiger partial charge is 0.0193 e. The Balaban J connectivity index is 1.36. The summed E-state index contributed by atoms with van der Waals surface area (Å²) < 4.78 is 0. The highest BCUT2D eigenvalue weighted by molar-refractivity contribution is 4.84. The quantitative estimate of drug-likeness (QED) is 0.834. The maximum absolute atomic E-state index is 3.79. The van der Waals surface area contributed by atoms with Crippen LogP contribution in [0, 0.1) is 0 Å². The second-order valence-corrected chi connectivity index (χ2v) is 7.25. The molecule has 0 spiro atoms. The molecule has 3 fully saturated rings. The fourth-order valence-electron chi connectivity index (χ4n) is 4.41. The Hall–Kier alpha value is -0.120. The molecule has 0 amide bonds. The van der Waals surface area contributed by atoms with E-state index in [0.29, 0.717) is 6.04 Å². The number of nitrogens with one attached hydrogen (secondary N) is 1. The second-order valence-electron chi connectivity index (χ2n) is 7.25. The van der Waals surface area contributed by atoms with Gasteiger partial charge in [0.05, 0.1) is 0 Å². The summed E-state index contributed by atoms with van der Waals surface area (Å²) in [7, 11) is 0. The van der Waals surface area contributed by atoms with Crippen LogP contribution in [0.5, 0.6) is 0 Å². The molecule has 1 saturated heterocycles. The summed E-state index contributed by atoms with van der Waals surface area (Å²) in [5.74, 6) is 0. The number of rotatable bonds is 5. The molecule has 1 heterocycles. The van der Waals surface area contributed by atoms with Crippen molar-refractivity contribution in [2.75, 3.05) is 32.7 Å². The SMILES string of the molecule is CC(CNC1CCCC1)N1CCN(C2CCCC2)CC1. The Labute approximate surface area is 125 Å². The lowest BCUT2D eigenvalue weighted by Crippen LogP contribution is -2.54. The fraction of sp³-hybridized carbons (Fsp3) is 1.00. The molecule has 0 aromatic heterocycles. The minimum atomic E-state index is 0.710. The minimum absolute atomic E-state index is 0.710. The lowest BCUT2D eigenvalue weighted by atomic mass is 10.1. The Morgan fingerprint density at radius 1 is 0.900 bits per heavy atom. The van der Waals surface area contributed by atoms with Gasteiger partial charge in [-0.05, 0) is 32.6 Å². The highest BCUT2D eigenvalue weighted by atomic mass is 15.3. The molecule has 0 bridgehead atoms. The monoisotopic (exact) mass is 279 g/mol. The lowest BCUT2D eigenvalue weighted by molar-refractivity contribution is 0.0742. The molecule has 0 aromatic carbocycles. The number of nitrogens with zero attached hydrogens (tertiary/aromatic N) is 2. The third-order valence-corrected chi connectivity index (χ3v) is 5.87. The molecule has 3 heteroatoms. The van der Waals surface area contributed by atoms with Crippen molar-refractivity contribution in [1.29, 1.82) is 0 Å². The van der Waals surface area contributed by atoms with E-state index in [9.17, 15) is 0 Å². The lowest BCUT2D eigenvalue weighted by Gasteiger charge is -2.41. The zero-order valence-electron chi connectivity index (χ0n) is 13.3. The van der Waals surface area contributed by atoms with Crippen molar-refractivity contribution in [3.8, 4) is 0 Å². The van der Waals surface area contributed by atoms with Crippen LogP contribution in [0.3, 0.4) is 0 Å². The largest absolute Gasteiger partial charge is 0.312 e. The topological polar surface area (TPSA) is 18.5 Å². The van der Waals surface area contributed by atoms with Crippen LogP contribution in [0.1, 0.15) is 58.3 Å². The van der Waals surface area contributed by atoms with Crippen molar-refractivity contribution in [2.24, 2.45) is 0 Å². The van der Waals surface area contributed by atoms with Crippen molar-refractivity contribution in [1.82, 2.24) is 15.1 Å². The third kappa shape index (κ3) is 3.75. The Kier molecular flexibility index (Phi) is 5.36. The molecule has 1 N–H and O–H groups in total. The van der Waals surface area contributed by atoms with E-state index in [1.807, 2.05) is 0 Å². The average molecular weight is 279 g/mol. The number of hydrogen-bond donors (Lipinski definition) is 1. The molecule has 0 aromatic rings. The minimum Gasteiger partial charge on any atom is -0.312 e. The van der Waals surface area contributed by atoms with E-state index < -0.39 is 0 Å². The highest BCUT2D eigenvalue weighted by Gasteiger charge is 2.27. The molecule has 1 atom stereocenters. The molecular formula is C17H33N3. The molecule has 3 rings (SSSR count). The van der Waals surface area contributed by atoms with E-state index in [-0.39, 0.29) is 0 Å². The van der Waals surface area contributed by atoms with Crippen molar-refractivity contribution in [2.45, 2.75) is 76.4 Å². The van der Waals surface area contributed by atoms with E-state index in [4.69, 9.17) is 0 Å². The van der Waals surface area contributed by atoms with Crippen LogP contribution in [0.2, 0.25) is 0 Å². The summed E-state index contributed by atoms with van der Waals surface area (Å²) in [6.07, 6.45) is 11.5. The van der Waals surface area contributed by atoms with Gasteiger partial charge in [-0.15, -0.1) is 0 Å². The van der Waals surface area contributed by atoms with Gasteiger partial charge in [0.1, 0.15) is 0 Å². The van der Waals surface area contributed by atoms with E-state index in [1.54, 1.807) is 0 Å². The van der Waals surface area contributed by atoms with Gasteiger partial charge in [0, 0.05) is 50.8 Å². The zero-order valence-corrected chi connectivity index (χ0v) is 13.3. The number of hydrogen-bond acceptors (Lipinski definition) is 3. The van der Waals surface area contributed by atoms with Gasteiger partial charge in [-0.1, -0.05) is 25.7 Å². The molecule has 1 unspecified atom stereocenters. The van der Waals surface area contributed by atoms with Gasteiger partial charge < -0.3 is 5.32 Å². The van der Waals surface area contributed by atoms with E-state index in [2.05, 4.69) is 22.0 Å². The van der Waals surface area contributed by atoms with Crippen LogP contribution < -0.4 is 5.32 Å². The van der Waals surface area contributed by atoms with Crippen molar-refractivity contribution in [3.05, 3.63) is 0 Å². The zero-order chi connectivity index (χ0) is 13.8. The predicted molar refractivity (Wildman–Crippen MR) is 85.1 cm³/mol. The van der Waals surface area contributed by atoms with Gasteiger partial charge in [-0.25, -0.2) is 0 Å².